The van der Waals surface area contributed by atoms with Crippen LogP contribution in [0, 0.1) is 0 Å². The summed E-state index contributed by atoms with van der Waals surface area (Å²) >= 11 is 0. The number of benzene rings is 1. The van der Waals surface area contributed by atoms with Crippen LogP contribution in [0.1, 0.15) is 45.2 Å². The van der Waals surface area contributed by atoms with E-state index in [4.69, 9.17) is 10.5 Å². The number of hydrogen-bond acceptors (Lipinski definition) is 5. The molecule has 1 fully saturated rings. The monoisotopic (exact) mass is 383 g/mol. The highest BCUT2D eigenvalue weighted by atomic mass is 16.6. The van der Waals surface area contributed by atoms with Crippen LogP contribution in [0.5, 0.6) is 0 Å². The Labute approximate surface area is 162 Å². The summed E-state index contributed by atoms with van der Waals surface area (Å²) in [6.07, 6.45) is 1.25. The van der Waals surface area contributed by atoms with Crippen LogP contribution in [-0.2, 0) is 4.74 Å². The molecule has 3 heterocycles. The van der Waals surface area contributed by atoms with E-state index in [1.165, 1.54) is 4.52 Å². The van der Waals surface area contributed by atoms with Gasteiger partial charge in [0.25, 0.3) is 5.56 Å². The van der Waals surface area contributed by atoms with Gasteiger partial charge in [0.05, 0.1) is 5.52 Å². The molecule has 148 valence electrons. The van der Waals surface area contributed by atoms with Gasteiger partial charge < -0.3 is 20.4 Å². The lowest BCUT2D eigenvalue weighted by molar-refractivity contribution is 0.0204. The van der Waals surface area contributed by atoms with Crippen LogP contribution in [0.2, 0.25) is 0 Å². The standard InChI is InChI=1S/C20H25N5O3/c1-20(2,3)28-19(27)24-8-6-12(7-9-24)15-11-17(26)25-18(22-15)14-5-4-13(21)10-16(14)23-25/h4-5,10-12,22H,6-9,21H2,1-3H3. The van der Waals surface area contributed by atoms with Crippen molar-refractivity contribution in [2.75, 3.05) is 18.8 Å². The van der Waals surface area contributed by atoms with Gasteiger partial charge in [-0.1, -0.05) is 0 Å². The van der Waals surface area contributed by atoms with Crippen LogP contribution >= 0.6 is 0 Å². The quantitative estimate of drug-likeness (QED) is 0.629. The van der Waals surface area contributed by atoms with Crippen molar-refractivity contribution in [2.45, 2.75) is 45.1 Å². The number of fused-ring (bicyclic) bond motifs is 3. The molecule has 0 saturated carbocycles. The summed E-state index contributed by atoms with van der Waals surface area (Å²) in [4.78, 5) is 30.0. The van der Waals surface area contributed by atoms with Gasteiger partial charge in [-0.05, 0) is 51.8 Å². The Morgan fingerprint density at radius 1 is 1.25 bits per heavy atom. The molecule has 1 aliphatic rings. The maximum Gasteiger partial charge on any atom is 0.410 e. The van der Waals surface area contributed by atoms with Gasteiger partial charge in [0.2, 0.25) is 0 Å². The highest BCUT2D eigenvalue weighted by Gasteiger charge is 2.28. The predicted molar refractivity (Wildman–Crippen MR) is 108 cm³/mol. The number of likely N-dealkylation sites (tertiary alicyclic amines) is 1. The molecule has 1 amide bonds. The number of nitrogens with one attached hydrogen (secondary N) is 1. The van der Waals surface area contributed by atoms with E-state index in [-0.39, 0.29) is 17.6 Å². The Morgan fingerprint density at radius 3 is 2.64 bits per heavy atom. The molecule has 0 radical (unpaired) electrons. The molecule has 0 bridgehead atoms. The molecule has 3 N–H and O–H groups in total. The maximum atomic E-state index is 12.6. The molecule has 0 aliphatic carbocycles. The van der Waals surface area contributed by atoms with Gasteiger partial charge >= 0.3 is 6.09 Å². The third-order valence-electron chi connectivity index (χ3n) is 5.03. The lowest BCUT2D eigenvalue weighted by atomic mass is 9.93. The van der Waals surface area contributed by atoms with Gasteiger partial charge in [-0.2, -0.15) is 9.61 Å². The van der Waals surface area contributed by atoms with Gasteiger partial charge in [-0.3, -0.25) is 4.79 Å². The fourth-order valence-corrected chi connectivity index (χ4v) is 3.67. The predicted octanol–water partition coefficient (Wildman–Crippen LogP) is 2.87. The number of aromatic amines is 1. The fraction of sp³-hybridized carbons (Fsp3) is 0.450. The van der Waals surface area contributed by atoms with Crippen molar-refractivity contribution >= 4 is 28.3 Å². The van der Waals surface area contributed by atoms with Crippen LogP contribution in [0.4, 0.5) is 10.5 Å². The van der Waals surface area contributed by atoms with E-state index in [1.54, 1.807) is 23.1 Å². The molecule has 2 aromatic heterocycles. The number of rotatable bonds is 1. The number of H-pyrrole nitrogens is 1. The third-order valence-corrected chi connectivity index (χ3v) is 5.03. The van der Waals surface area contributed by atoms with Gasteiger partial charge in [0.1, 0.15) is 11.2 Å². The van der Waals surface area contributed by atoms with Gasteiger partial charge in [-0.15, -0.1) is 0 Å². The number of ether oxygens (including phenoxy) is 1. The van der Waals surface area contributed by atoms with E-state index in [9.17, 15) is 9.59 Å². The molecular weight excluding hydrogens is 358 g/mol. The molecular formula is C20H25N5O3. The molecule has 0 unspecified atom stereocenters. The smallest absolute Gasteiger partial charge is 0.410 e. The Morgan fingerprint density at radius 2 is 1.96 bits per heavy atom. The van der Waals surface area contributed by atoms with E-state index in [0.29, 0.717) is 29.9 Å². The zero-order valence-corrected chi connectivity index (χ0v) is 16.4. The molecule has 3 aromatic rings. The Kier molecular flexibility index (Phi) is 4.28. The second kappa shape index (κ2) is 6.54. The summed E-state index contributed by atoms with van der Waals surface area (Å²) in [5.41, 5.74) is 7.99. The number of nitrogens with zero attached hydrogens (tertiary/aromatic N) is 3. The minimum Gasteiger partial charge on any atom is -0.444 e. The molecule has 8 nitrogen and oxygen atoms in total. The minimum absolute atomic E-state index is 0.173. The topological polar surface area (TPSA) is 106 Å². The number of anilines is 1. The summed E-state index contributed by atoms with van der Waals surface area (Å²) in [7, 11) is 0. The Hall–Kier alpha value is -3.03. The first-order valence-corrected chi connectivity index (χ1v) is 9.50. The van der Waals surface area contributed by atoms with Crippen LogP contribution < -0.4 is 11.3 Å². The van der Waals surface area contributed by atoms with E-state index in [0.717, 1.165) is 23.9 Å². The molecule has 8 heteroatoms. The second-order valence-electron chi connectivity index (χ2n) is 8.34. The molecule has 4 rings (SSSR count). The van der Waals surface area contributed by atoms with Gasteiger partial charge in [0, 0.05) is 41.8 Å². The first kappa shape index (κ1) is 18.3. The number of nitrogen functional groups attached to an aromatic ring is 1. The maximum absolute atomic E-state index is 12.6. The fourth-order valence-electron chi connectivity index (χ4n) is 3.67. The number of hydrogen-bond donors (Lipinski definition) is 2. The number of aromatic nitrogens is 3. The van der Waals surface area contributed by atoms with Gasteiger partial charge in [0.15, 0.2) is 0 Å². The van der Waals surface area contributed by atoms with E-state index < -0.39 is 5.60 Å². The number of amides is 1. The zero-order chi connectivity index (χ0) is 20.1. The van der Waals surface area contributed by atoms with Gasteiger partial charge in [-0.25, -0.2) is 4.79 Å². The lowest BCUT2D eigenvalue weighted by Crippen LogP contribution is -2.41. The van der Waals surface area contributed by atoms with E-state index in [1.807, 2.05) is 26.8 Å². The summed E-state index contributed by atoms with van der Waals surface area (Å²) in [5, 5.41) is 5.22. The molecule has 1 aliphatic heterocycles. The molecule has 1 aromatic carbocycles. The number of piperidine rings is 1. The first-order valence-electron chi connectivity index (χ1n) is 9.50. The summed E-state index contributed by atoms with van der Waals surface area (Å²) < 4.78 is 6.83. The van der Waals surface area contributed by atoms with Crippen molar-refractivity contribution in [3.05, 3.63) is 40.3 Å². The number of carbonyl (C=O) groups is 1. The lowest BCUT2D eigenvalue weighted by Gasteiger charge is -2.33. The van der Waals surface area contributed by atoms with Crippen molar-refractivity contribution in [3.63, 3.8) is 0 Å². The SMILES string of the molecule is CC(C)(C)OC(=O)N1CCC(c2cc(=O)n3nc4cc(N)ccc4c3[nH]2)CC1. The van der Waals surface area contributed by atoms with Crippen LogP contribution in [-0.4, -0.2) is 44.3 Å². The molecule has 28 heavy (non-hydrogen) atoms. The molecule has 1 saturated heterocycles. The minimum atomic E-state index is -0.503. The largest absolute Gasteiger partial charge is 0.444 e. The summed E-state index contributed by atoms with van der Waals surface area (Å²) in [6.45, 7) is 6.79. The van der Waals surface area contributed by atoms with Crippen LogP contribution in [0.15, 0.2) is 29.1 Å². The number of nitrogens with two attached hydrogens (primary N) is 1. The van der Waals surface area contributed by atoms with Crippen molar-refractivity contribution in [2.24, 2.45) is 0 Å². The Bertz CT molecular complexity index is 1100. The van der Waals surface area contributed by atoms with Crippen LogP contribution in [0.3, 0.4) is 0 Å². The number of carbonyl (C=O) groups excluding carboxylic acids is 1. The average molecular weight is 383 g/mol. The zero-order valence-electron chi connectivity index (χ0n) is 16.4. The van der Waals surface area contributed by atoms with Crippen molar-refractivity contribution in [1.29, 1.82) is 0 Å². The molecule has 0 spiro atoms. The molecule has 0 atom stereocenters. The van der Waals surface area contributed by atoms with Crippen molar-refractivity contribution < 1.29 is 9.53 Å². The van der Waals surface area contributed by atoms with Crippen molar-refractivity contribution in [3.8, 4) is 0 Å². The normalized spacial score (nSPS) is 16.0. The third kappa shape index (κ3) is 3.42. The highest BCUT2D eigenvalue weighted by molar-refractivity contribution is 5.93. The summed E-state index contributed by atoms with van der Waals surface area (Å²) in [5.74, 6) is 0.176. The second-order valence-corrected chi connectivity index (χ2v) is 8.34. The van der Waals surface area contributed by atoms with E-state index >= 15 is 0 Å². The van der Waals surface area contributed by atoms with Crippen LogP contribution in [0.25, 0.3) is 16.6 Å². The highest BCUT2D eigenvalue weighted by Crippen LogP contribution is 2.28. The van der Waals surface area contributed by atoms with Crippen molar-refractivity contribution in [1.82, 2.24) is 19.5 Å². The summed E-state index contributed by atoms with van der Waals surface area (Å²) in [6, 6.07) is 7.04. The van der Waals surface area contributed by atoms with E-state index in [2.05, 4.69) is 10.1 Å². The average Bonchev–Trinajstić information content (AvgIpc) is 2.98. The Balaban J connectivity index is 1.58. The first-order chi connectivity index (χ1) is 13.2.